The predicted octanol–water partition coefficient (Wildman–Crippen LogP) is 2.12. The topological polar surface area (TPSA) is 41.5 Å². The Labute approximate surface area is 109 Å². The van der Waals surface area contributed by atoms with Gasteiger partial charge in [0.2, 0.25) is 0 Å². The highest BCUT2D eigenvalue weighted by Crippen LogP contribution is 2.26. The van der Waals surface area contributed by atoms with Gasteiger partial charge in [-0.3, -0.25) is 0 Å². The van der Waals surface area contributed by atoms with Crippen LogP contribution in [0.4, 0.5) is 0 Å². The van der Waals surface area contributed by atoms with Crippen molar-refractivity contribution >= 4 is 0 Å². The van der Waals surface area contributed by atoms with Crippen LogP contribution in [0.5, 0.6) is 5.75 Å². The molecule has 0 atom stereocenters. The first-order valence-electron chi connectivity index (χ1n) is 6.67. The monoisotopic (exact) mass is 249 g/mol. The maximum atomic E-state index is 8.98. The molecule has 100 valence electrons. The molecular weight excluding hydrogens is 226 g/mol. The van der Waals surface area contributed by atoms with Gasteiger partial charge >= 0.3 is 0 Å². The summed E-state index contributed by atoms with van der Waals surface area (Å²) in [6, 6.07) is 6.42. The van der Waals surface area contributed by atoms with Crippen LogP contribution in [0.1, 0.15) is 31.4 Å². The molecule has 1 aliphatic rings. The van der Waals surface area contributed by atoms with E-state index in [1.807, 2.05) is 0 Å². The summed E-state index contributed by atoms with van der Waals surface area (Å²) in [6.45, 7) is 7.21. The highest BCUT2D eigenvalue weighted by molar-refractivity contribution is 5.39. The van der Waals surface area contributed by atoms with E-state index in [0.29, 0.717) is 0 Å². The molecule has 18 heavy (non-hydrogen) atoms. The predicted molar refractivity (Wildman–Crippen MR) is 72.8 cm³/mol. The van der Waals surface area contributed by atoms with Gasteiger partial charge in [-0.05, 0) is 29.0 Å². The fraction of sp³-hybridized carbons (Fsp3) is 0.600. The first-order chi connectivity index (χ1) is 8.61. The summed E-state index contributed by atoms with van der Waals surface area (Å²) in [5.41, 5.74) is 2.78. The molecular formula is C15H23NO2. The summed E-state index contributed by atoms with van der Waals surface area (Å²) in [7, 11) is 0. The average Bonchev–Trinajstić information content (AvgIpc) is 2.75. The Hall–Kier alpha value is -1.06. The third-order valence-corrected chi connectivity index (χ3v) is 3.48. The van der Waals surface area contributed by atoms with Gasteiger partial charge in [0, 0.05) is 26.1 Å². The molecule has 1 heterocycles. The maximum Gasteiger partial charge on any atom is 0.122 e. The van der Waals surface area contributed by atoms with Crippen LogP contribution in [-0.2, 0) is 13.0 Å². The van der Waals surface area contributed by atoms with Gasteiger partial charge in [-0.15, -0.1) is 0 Å². The van der Waals surface area contributed by atoms with Crippen LogP contribution < -0.4 is 10.1 Å². The molecule has 1 aromatic rings. The minimum atomic E-state index is 0.147. The molecule has 0 unspecified atom stereocenters. The SMILES string of the molecule is CC(C)(CCO)CNCc1ccc2c(c1)CCO2. The molecule has 0 bridgehead atoms. The molecule has 2 rings (SSSR count). The van der Waals surface area contributed by atoms with Crippen LogP contribution in [0.25, 0.3) is 0 Å². The van der Waals surface area contributed by atoms with Crippen LogP contribution in [0.15, 0.2) is 18.2 Å². The molecule has 1 aromatic carbocycles. The summed E-state index contributed by atoms with van der Waals surface area (Å²) in [5.74, 6) is 1.04. The molecule has 1 aliphatic heterocycles. The lowest BCUT2D eigenvalue weighted by molar-refractivity contribution is 0.207. The third-order valence-electron chi connectivity index (χ3n) is 3.48. The van der Waals surface area contributed by atoms with Crippen molar-refractivity contribution in [2.24, 2.45) is 5.41 Å². The van der Waals surface area contributed by atoms with Crippen LogP contribution >= 0.6 is 0 Å². The number of nitrogens with one attached hydrogen (secondary N) is 1. The Morgan fingerprint density at radius 3 is 3.00 bits per heavy atom. The highest BCUT2D eigenvalue weighted by Gasteiger charge is 2.16. The summed E-state index contributed by atoms with van der Waals surface area (Å²) in [6.07, 6.45) is 1.86. The summed E-state index contributed by atoms with van der Waals surface area (Å²) < 4.78 is 5.50. The Balaban J connectivity index is 1.84. The summed E-state index contributed by atoms with van der Waals surface area (Å²) in [5, 5.41) is 12.4. The first kappa shape index (κ1) is 13.4. The van der Waals surface area contributed by atoms with E-state index in [2.05, 4.69) is 37.4 Å². The number of ether oxygens (including phenoxy) is 1. The van der Waals surface area contributed by atoms with Crippen molar-refractivity contribution in [1.82, 2.24) is 5.32 Å². The number of hydrogen-bond acceptors (Lipinski definition) is 3. The van der Waals surface area contributed by atoms with Gasteiger partial charge in [0.15, 0.2) is 0 Å². The minimum absolute atomic E-state index is 0.147. The van der Waals surface area contributed by atoms with E-state index in [9.17, 15) is 0 Å². The van der Waals surface area contributed by atoms with Gasteiger partial charge in [-0.2, -0.15) is 0 Å². The van der Waals surface area contributed by atoms with Gasteiger partial charge in [-0.1, -0.05) is 26.0 Å². The molecule has 3 heteroatoms. The molecule has 0 saturated heterocycles. The van der Waals surface area contributed by atoms with Crippen molar-refractivity contribution < 1.29 is 9.84 Å². The molecule has 0 radical (unpaired) electrons. The van der Waals surface area contributed by atoms with E-state index in [0.717, 1.165) is 38.3 Å². The molecule has 0 fully saturated rings. The van der Waals surface area contributed by atoms with Crippen molar-refractivity contribution in [2.45, 2.75) is 33.2 Å². The van der Waals surface area contributed by atoms with Crippen LogP contribution in [0, 0.1) is 5.41 Å². The van der Waals surface area contributed by atoms with Crippen molar-refractivity contribution in [1.29, 1.82) is 0 Å². The Bertz CT molecular complexity index is 401. The normalized spacial score (nSPS) is 14.4. The Kier molecular flexibility index (Phi) is 4.25. The molecule has 3 nitrogen and oxygen atoms in total. The van der Waals surface area contributed by atoms with Crippen molar-refractivity contribution in [3.8, 4) is 5.75 Å². The van der Waals surface area contributed by atoms with Crippen molar-refractivity contribution in [2.75, 3.05) is 19.8 Å². The first-order valence-corrected chi connectivity index (χ1v) is 6.67. The zero-order valence-electron chi connectivity index (χ0n) is 11.3. The molecule has 2 N–H and O–H groups in total. The van der Waals surface area contributed by atoms with Gasteiger partial charge < -0.3 is 15.2 Å². The average molecular weight is 249 g/mol. The Morgan fingerprint density at radius 2 is 2.22 bits per heavy atom. The fourth-order valence-electron chi connectivity index (χ4n) is 2.29. The smallest absolute Gasteiger partial charge is 0.122 e. The third kappa shape index (κ3) is 3.47. The second-order valence-electron chi connectivity index (χ2n) is 5.78. The van der Waals surface area contributed by atoms with Crippen LogP contribution in [0.2, 0.25) is 0 Å². The molecule has 0 aromatic heterocycles. The zero-order chi connectivity index (χ0) is 13.0. The molecule has 0 amide bonds. The van der Waals surface area contributed by atoms with E-state index >= 15 is 0 Å². The molecule has 0 saturated carbocycles. The number of benzene rings is 1. The van der Waals surface area contributed by atoms with Crippen LogP contribution in [-0.4, -0.2) is 24.9 Å². The van der Waals surface area contributed by atoms with Gasteiger partial charge in [0.25, 0.3) is 0 Å². The van der Waals surface area contributed by atoms with Crippen LogP contribution in [0.3, 0.4) is 0 Å². The van der Waals surface area contributed by atoms with Gasteiger partial charge in [-0.25, -0.2) is 0 Å². The lowest BCUT2D eigenvalue weighted by Gasteiger charge is -2.24. The second-order valence-corrected chi connectivity index (χ2v) is 5.78. The lowest BCUT2D eigenvalue weighted by Crippen LogP contribution is -2.29. The van der Waals surface area contributed by atoms with E-state index in [1.54, 1.807) is 0 Å². The zero-order valence-corrected chi connectivity index (χ0v) is 11.3. The van der Waals surface area contributed by atoms with Gasteiger partial charge in [0.1, 0.15) is 5.75 Å². The van der Waals surface area contributed by atoms with E-state index in [-0.39, 0.29) is 12.0 Å². The van der Waals surface area contributed by atoms with Crippen molar-refractivity contribution in [3.05, 3.63) is 29.3 Å². The standard InChI is InChI=1S/C15H23NO2/c1-15(2,6-7-17)11-16-10-12-3-4-14-13(9-12)5-8-18-14/h3-4,9,16-17H,5-8,10-11H2,1-2H3. The fourth-order valence-corrected chi connectivity index (χ4v) is 2.29. The largest absolute Gasteiger partial charge is 0.493 e. The van der Waals surface area contributed by atoms with E-state index in [1.165, 1.54) is 11.1 Å². The van der Waals surface area contributed by atoms with Crippen molar-refractivity contribution in [3.63, 3.8) is 0 Å². The minimum Gasteiger partial charge on any atom is -0.493 e. The molecule has 0 spiro atoms. The lowest BCUT2D eigenvalue weighted by atomic mass is 9.90. The highest BCUT2D eigenvalue weighted by atomic mass is 16.5. The number of aliphatic hydroxyl groups excluding tert-OH is 1. The second kappa shape index (κ2) is 5.72. The quantitative estimate of drug-likeness (QED) is 0.811. The summed E-state index contributed by atoms with van der Waals surface area (Å²) >= 11 is 0. The Morgan fingerprint density at radius 1 is 1.39 bits per heavy atom. The number of aliphatic hydroxyl groups is 1. The summed E-state index contributed by atoms with van der Waals surface area (Å²) in [4.78, 5) is 0. The number of hydrogen-bond donors (Lipinski definition) is 2. The van der Waals surface area contributed by atoms with Gasteiger partial charge in [0.05, 0.1) is 6.61 Å². The number of fused-ring (bicyclic) bond motifs is 1. The van der Waals surface area contributed by atoms with E-state index < -0.39 is 0 Å². The van der Waals surface area contributed by atoms with E-state index in [4.69, 9.17) is 9.84 Å². The molecule has 0 aliphatic carbocycles. The maximum absolute atomic E-state index is 8.98. The number of rotatable bonds is 6.